The summed E-state index contributed by atoms with van der Waals surface area (Å²) >= 11 is 0. The Morgan fingerprint density at radius 1 is 0.957 bits per heavy atom. The fourth-order valence-electron chi connectivity index (χ4n) is 5.45. The maximum atomic E-state index is 14.2. The lowest BCUT2D eigenvalue weighted by Crippen LogP contribution is -2.59. The number of hydrogen-bond donors (Lipinski definition) is 4. The Labute approximate surface area is 267 Å². The van der Waals surface area contributed by atoms with E-state index in [4.69, 9.17) is 19.6 Å². The zero-order chi connectivity index (χ0) is 32.7. The van der Waals surface area contributed by atoms with Crippen molar-refractivity contribution in [1.29, 1.82) is 0 Å². The zero-order valence-electron chi connectivity index (χ0n) is 26.2. The summed E-state index contributed by atoms with van der Waals surface area (Å²) in [5.74, 6) is -0.344. The highest BCUT2D eigenvalue weighted by molar-refractivity contribution is 5.92. The molecule has 5 aromatic rings. The molecular formula is C36H40N4O6. The number of rotatable bonds is 13. The number of carbonyl (C=O) groups is 3. The minimum Gasteiger partial charge on any atom is -0.462 e. The van der Waals surface area contributed by atoms with E-state index >= 15 is 0 Å². The van der Waals surface area contributed by atoms with Crippen LogP contribution in [-0.4, -0.2) is 41.1 Å². The molecule has 0 saturated carbocycles. The van der Waals surface area contributed by atoms with Crippen molar-refractivity contribution >= 4 is 39.8 Å². The van der Waals surface area contributed by atoms with Crippen LogP contribution in [0.1, 0.15) is 50.1 Å². The van der Waals surface area contributed by atoms with Crippen LogP contribution in [0.5, 0.6) is 0 Å². The van der Waals surface area contributed by atoms with Crippen molar-refractivity contribution in [1.82, 2.24) is 15.6 Å². The number of aromatic nitrogens is 1. The normalized spacial score (nSPS) is 14.0. The molecule has 0 bridgehead atoms. The van der Waals surface area contributed by atoms with Gasteiger partial charge in [-0.3, -0.25) is 9.59 Å². The molecule has 46 heavy (non-hydrogen) atoms. The number of nitrogens with two attached hydrogens (primary N) is 1. The number of aromatic amines is 1. The summed E-state index contributed by atoms with van der Waals surface area (Å²) in [6.45, 7) is 5.33. The van der Waals surface area contributed by atoms with Gasteiger partial charge < -0.3 is 35.2 Å². The van der Waals surface area contributed by atoms with Gasteiger partial charge in [0.1, 0.15) is 29.5 Å². The topological polar surface area (TPSA) is 149 Å². The van der Waals surface area contributed by atoms with Gasteiger partial charge in [0.15, 0.2) is 6.61 Å². The van der Waals surface area contributed by atoms with Gasteiger partial charge in [-0.05, 0) is 48.6 Å². The molecule has 0 aliphatic heterocycles. The molecule has 5 rings (SSSR count). The number of hydrogen-bond acceptors (Lipinski definition) is 7. The van der Waals surface area contributed by atoms with E-state index in [1.54, 1.807) is 13.0 Å². The van der Waals surface area contributed by atoms with Gasteiger partial charge in [-0.1, -0.05) is 80.6 Å². The first-order valence-corrected chi connectivity index (χ1v) is 15.4. The second-order valence-electron chi connectivity index (χ2n) is 12.1. The molecule has 0 aliphatic rings. The summed E-state index contributed by atoms with van der Waals surface area (Å²) in [6.07, 6.45) is 1.65. The number of para-hydroxylation sites is 2. The molecule has 0 aliphatic carbocycles. The van der Waals surface area contributed by atoms with Gasteiger partial charge in [0.25, 0.3) is 0 Å². The number of amides is 2. The molecule has 0 spiro atoms. The summed E-state index contributed by atoms with van der Waals surface area (Å²) in [6, 6.07) is 24.7. The molecule has 0 fully saturated rings. The van der Waals surface area contributed by atoms with E-state index in [0.717, 1.165) is 27.4 Å². The van der Waals surface area contributed by atoms with Gasteiger partial charge in [0.05, 0.1) is 6.04 Å². The summed E-state index contributed by atoms with van der Waals surface area (Å²) in [5.41, 5.74) is 7.72. The molecule has 5 N–H and O–H groups in total. The molecule has 240 valence electrons. The Balaban J connectivity index is 1.36. The molecule has 3 aromatic carbocycles. The lowest BCUT2D eigenvalue weighted by atomic mass is 9.91. The number of carbonyl (C=O) groups excluding carboxylic acids is 3. The summed E-state index contributed by atoms with van der Waals surface area (Å²) in [5, 5.41) is 7.63. The molecule has 0 saturated heterocycles. The SMILES string of the molecule is CC(C)C[C@H](N)C(=O)OC[C@H](NC(=O)[C@@](C)(Cc1c[nH]c2ccccc12)NC(=O)OCc1cc2ccccc2o1)c1ccccc1. The van der Waals surface area contributed by atoms with Gasteiger partial charge in [0.2, 0.25) is 5.91 Å². The number of fused-ring (bicyclic) bond motifs is 2. The molecular weight excluding hydrogens is 584 g/mol. The first kappa shape index (κ1) is 32.3. The molecule has 0 radical (unpaired) electrons. The molecule has 3 atom stereocenters. The third kappa shape index (κ3) is 7.94. The number of furan rings is 1. The predicted octanol–water partition coefficient (Wildman–Crippen LogP) is 5.92. The fraction of sp³-hybridized carbons (Fsp3) is 0.306. The van der Waals surface area contributed by atoms with Crippen molar-refractivity contribution in [2.45, 2.75) is 57.8 Å². The quantitative estimate of drug-likeness (QED) is 0.119. The van der Waals surface area contributed by atoms with Gasteiger partial charge in [-0.25, -0.2) is 4.79 Å². The van der Waals surface area contributed by atoms with Gasteiger partial charge in [0, 0.05) is 28.9 Å². The van der Waals surface area contributed by atoms with Crippen molar-refractivity contribution in [2.75, 3.05) is 6.61 Å². The standard InChI is InChI=1S/C36H40N4O6/c1-23(2)17-29(37)33(41)44-22-31(24-11-5-4-6-12-24)39-34(42)36(3,19-26-20-38-30-15-9-8-14-28(26)30)40-35(43)45-21-27-18-25-13-7-10-16-32(25)46-27/h4-16,18,20,23,29,31,38H,17,19,21-22,37H2,1-3H3,(H,39,42)(H,40,43)/t29-,31-,36+/m0/s1. The third-order valence-electron chi connectivity index (χ3n) is 7.85. The van der Waals surface area contributed by atoms with Crippen LogP contribution in [0, 0.1) is 5.92 Å². The Morgan fingerprint density at radius 3 is 2.43 bits per heavy atom. The van der Waals surface area contributed by atoms with Crippen LogP contribution >= 0.6 is 0 Å². The largest absolute Gasteiger partial charge is 0.462 e. The minimum atomic E-state index is -1.47. The number of nitrogens with one attached hydrogen (secondary N) is 3. The monoisotopic (exact) mass is 624 g/mol. The zero-order valence-corrected chi connectivity index (χ0v) is 26.2. The molecule has 10 heteroatoms. The lowest BCUT2D eigenvalue weighted by Gasteiger charge is -2.31. The van der Waals surface area contributed by atoms with E-state index in [9.17, 15) is 14.4 Å². The van der Waals surface area contributed by atoms with Crippen molar-refractivity contribution in [3.63, 3.8) is 0 Å². The number of alkyl carbamates (subject to hydrolysis) is 1. The Morgan fingerprint density at radius 2 is 1.67 bits per heavy atom. The molecule has 2 amide bonds. The maximum absolute atomic E-state index is 14.2. The van der Waals surface area contributed by atoms with Crippen LogP contribution in [0.2, 0.25) is 0 Å². The first-order chi connectivity index (χ1) is 22.1. The van der Waals surface area contributed by atoms with Crippen LogP contribution in [0.25, 0.3) is 21.9 Å². The van der Waals surface area contributed by atoms with E-state index < -0.39 is 35.6 Å². The molecule has 2 heterocycles. The summed E-state index contributed by atoms with van der Waals surface area (Å²) in [4.78, 5) is 43.3. The molecule has 10 nitrogen and oxygen atoms in total. The van der Waals surface area contributed by atoms with Crippen molar-refractivity contribution in [3.8, 4) is 0 Å². The Kier molecular flexibility index (Phi) is 10.1. The highest BCUT2D eigenvalue weighted by Gasteiger charge is 2.38. The van der Waals surface area contributed by atoms with Crippen LogP contribution in [0.4, 0.5) is 4.79 Å². The van der Waals surface area contributed by atoms with Crippen LogP contribution < -0.4 is 16.4 Å². The van der Waals surface area contributed by atoms with E-state index in [1.807, 2.05) is 98.9 Å². The molecule has 2 aromatic heterocycles. The van der Waals surface area contributed by atoms with Gasteiger partial charge in [-0.15, -0.1) is 0 Å². The number of benzene rings is 3. The number of H-pyrrole nitrogens is 1. The lowest BCUT2D eigenvalue weighted by molar-refractivity contribution is -0.147. The van der Waals surface area contributed by atoms with Gasteiger partial charge >= 0.3 is 12.1 Å². The average Bonchev–Trinajstić information content (AvgIpc) is 3.65. The Bertz CT molecular complexity index is 1760. The van der Waals surface area contributed by atoms with Crippen molar-refractivity contribution < 1.29 is 28.3 Å². The first-order valence-electron chi connectivity index (χ1n) is 15.4. The van der Waals surface area contributed by atoms with Crippen LogP contribution in [0.3, 0.4) is 0 Å². The maximum Gasteiger partial charge on any atom is 0.408 e. The van der Waals surface area contributed by atoms with Crippen LogP contribution in [-0.2, 0) is 32.1 Å². The van der Waals surface area contributed by atoms with Crippen LogP contribution in [0.15, 0.2) is 95.5 Å². The molecule has 0 unspecified atom stereocenters. The Hall–Kier alpha value is -5.09. The van der Waals surface area contributed by atoms with Crippen molar-refractivity contribution in [3.05, 3.63) is 108 Å². The highest BCUT2D eigenvalue weighted by Crippen LogP contribution is 2.25. The second-order valence-corrected chi connectivity index (χ2v) is 12.1. The number of esters is 1. The van der Waals surface area contributed by atoms with Gasteiger partial charge in [-0.2, -0.15) is 0 Å². The van der Waals surface area contributed by atoms with E-state index in [0.29, 0.717) is 17.8 Å². The fourth-order valence-corrected chi connectivity index (χ4v) is 5.45. The summed E-state index contributed by atoms with van der Waals surface area (Å²) < 4.78 is 16.9. The van der Waals surface area contributed by atoms with E-state index in [1.165, 1.54) is 0 Å². The van der Waals surface area contributed by atoms with Crippen molar-refractivity contribution in [2.24, 2.45) is 11.7 Å². The summed E-state index contributed by atoms with van der Waals surface area (Å²) in [7, 11) is 0. The number of ether oxygens (including phenoxy) is 2. The second kappa shape index (κ2) is 14.3. The predicted molar refractivity (Wildman–Crippen MR) is 176 cm³/mol. The smallest absolute Gasteiger partial charge is 0.408 e. The average molecular weight is 625 g/mol. The van der Waals surface area contributed by atoms with E-state index in [-0.39, 0.29) is 25.6 Å². The van der Waals surface area contributed by atoms with E-state index in [2.05, 4.69) is 15.6 Å². The highest BCUT2D eigenvalue weighted by atomic mass is 16.6. The minimum absolute atomic E-state index is 0.121. The third-order valence-corrected chi connectivity index (χ3v) is 7.85.